The highest BCUT2D eigenvalue weighted by Crippen LogP contribution is 2.39. The van der Waals surface area contributed by atoms with Crippen molar-refractivity contribution in [1.29, 1.82) is 10.5 Å². The monoisotopic (exact) mass is 575 g/mol. The van der Waals surface area contributed by atoms with Gasteiger partial charge in [0.1, 0.15) is 30.3 Å². The number of carboxylic acids is 1. The zero-order valence-corrected chi connectivity index (χ0v) is 22.4. The Bertz CT molecular complexity index is 1970. The van der Waals surface area contributed by atoms with Gasteiger partial charge in [-0.15, -0.1) is 11.3 Å². The lowest BCUT2D eigenvalue weighted by atomic mass is 10.0. The molecule has 0 saturated heterocycles. The van der Waals surface area contributed by atoms with E-state index in [9.17, 15) is 25.2 Å². The number of nitriles is 2. The summed E-state index contributed by atoms with van der Waals surface area (Å²) in [5, 5.41) is 30.6. The molecular weight excluding hydrogens is 561 g/mol. The first-order valence-corrected chi connectivity index (χ1v) is 12.9. The minimum atomic E-state index is -1.07. The molecule has 12 heteroatoms. The lowest BCUT2D eigenvalue weighted by molar-refractivity contribution is 0.0699. The molecule has 0 unspecified atom stereocenters. The number of aromatic carboxylic acids is 1. The molecule has 0 aliphatic carbocycles. The number of fused-ring (bicyclic) bond motifs is 2. The maximum absolute atomic E-state index is 13.4. The van der Waals surface area contributed by atoms with Gasteiger partial charge in [0.25, 0.3) is 5.56 Å². The second kappa shape index (κ2) is 10.4. The maximum atomic E-state index is 13.4. The number of thiophene rings is 1. The van der Waals surface area contributed by atoms with Crippen LogP contribution < -0.4 is 10.3 Å². The number of ether oxygens (including phenoxy) is 1. The molecule has 5 aromatic rings. The number of rotatable bonds is 6. The van der Waals surface area contributed by atoms with E-state index >= 15 is 0 Å². The normalized spacial score (nSPS) is 10.9. The van der Waals surface area contributed by atoms with Gasteiger partial charge in [-0.1, -0.05) is 23.2 Å². The molecule has 0 spiro atoms. The molecule has 1 N–H and O–H groups in total. The molecule has 0 atom stereocenters. The zero-order valence-electron chi connectivity index (χ0n) is 20.0. The van der Waals surface area contributed by atoms with Crippen LogP contribution in [-0.2, 0) is 6.54 Å². The molecule has 0 bridgehead atoms. The number of aromatic nitrogens is 3. The van der Waals surface area contributed by atoms with E-state index in [2.05, 4.69) is 9.97 Å². The van der Waals surface area contributed by atoms with E-state index in [1.54, 1.807) is 31.2 Å². The SMILES string of the molecule is Cc1nc2cc(Cl)c(C#N)c(C#N)c2c(=O)n1CCOc1ccc(Cl)cc1-c1ccnc2c(C(=O)O)csc12. The number of aryl methyl sites for hydroxylation is 1. The third-order valence-corrected chi connectivity index (χ3v) is 7.64. The summed E-state index contributed by atoms with van der Waals surface area (Å²) in [5.41, 5.74) is 1.36. The van der Waals surface area contributed by atoms with Crippen molar-refractivity contribution >= 4 is 61.6 Å². The van der Waals surface area contributed by atoms with E-state index in [-0.39, 0.29) is 45.8 Å². The molecule has 9 nitrogen and oxygen atoms in total. The van der Waals surface area contributed by atoms with Gasteiger partial charge in [0.15, 0.2) is 0 Å². The Morgan fingerprint density at radius 2 is 1.92 bits per heavy atom. The van der Waals surface area contributed by atoms with E-state index in [4.69, 9.17) is 27.9 Å². The minimum Gasteiger partial charge on any atom is -0.491 e. The Morgan fingerprint density at radius 3 is 2.64 bits per heavy atom. The molecular formula is C27H15Cl2N5O4S. The quantitative estimate of drug-likeness (QED) is 0.267. The summed E-state index contributed by atoms with van der Waals surface area (Å²) >= 11 is 13.7. The fraction of sp³-hybridized carbons (Fsp3) is 0.111. The van der Waals surface area contributed by atoms with E-state index in [1.165, 1.54) is 33.5 Å². The van der Waals surface area contributed by atoms with Crippen LogP contribution in [0.3, 0.4) is 0 Å². The van der Waals surface area contributed by atoms with Crippen molar-refractivity contribution in [3.05, 3.63) is 84.8 Å². The Hall–Kier alpha value is -4.48. The maximum Gasteiger partial charge on any atom is 0.338 e. The summed E-state index contributed by atoms with van der Waals surface area (Å²) in [6, 6.07) is 12.0. The first kappa shape index (κ1) is 26.1. The minimum absolute atomic E-state index is 0.0161. The second-order valence-corrected chi connectivity index (χ2v) is 10.0. The van der Waals surface area contributed by atoms with Gasteiger partial charge in [0, 0.05) is 27.7 Å². The molecule has 0 amide bonds. The topological polar surface area (TPSA) is 142 Å². The number of carboxylic acid groups (broad SMARTS) is 1. The number of pyridine rings is 1. The summed E-state index contributed by atoms with van der Waals surface area (Å²) in [4.78, 5) is 33.6. The van der Waals surface area contributed by atoms with Crippen LogP contribution in [0.15, 0.2) is 46.7 Å². The lowest BCUT2D eigenvalue weighted by Gasteiger charge is -2.15. The Kier molecular flexibility index (Phi) is 6.94. The first-order chi connectivity index (χ1) is 18.7. The van der Waals surface area contributed by atoms with Crippen LogP contribution in [0, 0.1) is 29.6 Å². The number of benzene rings is 2. The predicted molar refractivity (Wildman–Crippen MR) is 148 cm³/mol. The van der Waals surface area contributed by atoms with Crippen molar-refractivity contribution in [3.8, 4) is 29.0 Å². The molecule has 0 radical (unpaired) electrons. The molecule has 0 saturated carbocycles. The molecule has 5 rings (SSSR count). The number of halogens is 2. The van der Waals surface area contributed by atoms with Gasteiger partial charge in [0.05, 0.1) is 49.4 Å². The Morgan fingerprint density at radius 1 is 1.15 bits per heavy atom. The first-order valence-electron chi connectivity index (χ1n) is 11.3. The van der Waals surface area contributed by atoms with Gasteiger partial charge in [-0.25, -0.2) is 9.78 Å². The molecule has 0 fully saturated rings. The fourth-order valence-corrected chi connectivity index (χ4v) is 5.76. The molecule has 3 aromatic heterocycles. The number of nitrogens with zero attached hydrogens (tertiary/aromatic N) is 5. The average Bonchev–Trinajstić information content (AvgIpc) is 3.35. The highest BCUT2D eigenvalue weighted by Gasteiger charge is 2.20. The van der Waals surface area contributed by atoms with Gasteiger partial charge < -0.3 is 9.84 Å². The van der Waals surface area contributed by atoms with Gasteiger partial charge >= 0.3 is 5.97 Å². The highest BCUT2D eigenvalue weighted by molar-refractivity contribution is 7.18. The standard InChI is InChI=1S/C27H15Cl2N5O4S/c1-13-33-21-9-20(29)17(10-30)18(11-31)23(21)26(35)34(13)6-7-38-22-3-2-14(28)8-16(22)15-4-5-32-24-19(27(36)37)12-39-25(15)24/h2-5,8-9,12H,6-7H2,1H3,(H,36,37). The van der Waals surface area contributed by atoms with E-state index in [0.29, 0.717) is 37.9 Å². The van der Waals surface area contributed by atoms with Crippen molar-refractivity contribution in [1.82, 2.24) is 14.5 Å². The summed E-state index contributed by atoms with van der Waals surface area (Å²) in [7, 11) is 0. The summed E-state index contributed by atoms with van der Waals surface area (Å²) in [6.45, 7) is 1.80. The van der Waals surface area contributed by atoms with Crippen LogP contribution in [0.25, 0.3) is 32.2 Å². The van der Waals surface area contributed by atoms with Crippen molar-refractivity contribution in [2.75, 3.05) is 6.61 Å². The van der Waals surface area contributed by atoms with Crippen molar-refractivity contribution in [2.24, 2.45) is 0 Å². The summed E-state index contributed by atoms with van der Waals surface area (Å²) < 4.78 is 8.12. The van der Waals surface area contributed by atoms with Crippen LogP contribution in [0.2, 0.25) is 10.0 Å². The Balaban J connectivity index is 1.51. The van der Waals surface area contributed by atoms with Crippen molar-refractivity contribution in [2.45, 2.75) is 13.5 Å². The van der Waals surface area contributed by atoms with Crippen LogP contribution in [0.1, 0.15) is 27.3 Å². The van der Waals surface area contributed by atoms with E-state index in [1.807, 2.05) is 12.1 Å². The van der Waals surface area contributed by atoms with E-state index < -0.39 is 11.5 Å². The number of hydrogen-bond donors (Lipinski definition) is 1. The summed E-state index contributed by atoms with van der Waals surface area (Å²) in [6.07, 6.45) is 1.53. The van der Waals surface area contributed by atoms with Gasteiger partial charge in [0.2, 0.25) is 0 Å². The molecule has 39 heavy (non-hydrogen) atoms. The molecule has 3 heterocycles. The number of carbonyl (C=O) groups is 1. The van der Waals surface area contributed by atoms with Crippen molar-refractivity contribution < 1.29 is 14.6 Å². The smallest absolute Gasteiger partial charge is 0.338 e. The molecule has 0 aliphatic rings. The van der Waals surface area contributed by atoms with E-state index in [0.717, 1.165) is 0 Å². The van der Waals surface area contributed by atoms with Crippen LogP contribution in [-0.4, -0.2) is 32.2 Å². The van der Waals surface area contributed by atoms with Gasteiger partial charge in [-0.05, 0) is 37.3 Å². The molecule has 0 aliphatic heterocycles. The molecule has 192 valence electrons. The third kappa shape index (κ3) is 4.55. The van der Waals surface area contributed by atoms with Crippen LogP contribution in [0.4, 0.5) is 0 Å². The van der Waals surface area contributed by atoms with Crippen LogP contribution >= 0.6 is 34.5 Å². The summed E-state index contributed by atoms with van der Waals surface area (Å²) in [5.74, 6) is -0.220. The average molecular weight is 576 g/mol. The van der Waals surface area contributed by atoms with Gasteiger partial charge in [-0.3, -0.25) is 14.3 Å². The van der Waals surface area contributed by atoms with Crippen LogP contribution in [0.5, 0.6) is 5.75 Å². The highest BCUT2D eigenvalue weighted by atomic mass is 35.5. The lowest BCUT2D eigenvalue weighted by Crippen LogP contribution is -2.27. The predicted octanol–water partition coefficient (Wildman–Crippen LogP) is 5.81. The Labute approximate surface area is 234 Å². The second-order valence-electron chi connectivity index (χ2n) is 8.32. The zero-order chi connectivity index (χ0) is 27.8. The largest absolute Gasteiger partial charge is 0.491 e. The number of hydrogen-bond acceptors (Lipinski definition) is 8. The third-order valence-electron chi connectivity index (χ3n) is 6.10. The van der Waals surface area contributed by atoms with Gasteiger partial charge in [-0.2, -0.15) is 10.5 Å². The fourth-order valence-electron chi connectivity index (χ4n) is 4.32. The van der Waals surface area contributed by atoms with Crippen molar-refractivity contribution in [3.63, 3.8) is 0 Å². The molecule has 2 aromatic carbocycles.